The maximum atomic E-state index is 13.2. The fourth-order valence-electron chi connectivity index (χ4n) is 3.85. The van der Waals surface area contributed by atoms with E-state index in [1.54, 1.807) is 41.2 Å². The third-order valence-corrected chi connectivity index (χ3v) is 7.56. The van der Waals surface area contributed by atoms with Crippen molar-refractivity contribution in [1.82, 2.24) is 9.55 Å². The number of rotatable bonds is 7. The number of carbonyl (C=O) groups is 1. The van der Waals surface area contributed by atoms with Crippen molar-refractivity contribution in [2.45, 2.75) is 44.3 Å². The van der Waals surface area contributed by atoms with Gasteiger partial charge in [-0.05, 0) is 50.3 Å². The van der Waals surface area contributed by atoms with Gasteiger partial charge in [0.25, 0.3) is 5.56 Å². The van der Waals surface area contributed by atoms with Gasteiger partial charge in [-0.3, -0.25) is 14.2 Å². The number of Topliss-reactive ketones (excluding diaryl/α,β-unsaturated/α-hetero) is 1. The Bertz CT molecular complexity index is 1170. The SMILES string of the molecule is CCn1c(SCC(=O)c2ccc(OC)cc2OC)nc2sc3c(c2c1=O)CCCC3. The first-order valence-electron chi connectivity index (χ1n) is 10.0. The molecule has 1 aliphatic rings. The summed E-state index contributed by atoms with van der Waals surface area (Å²) >= 11 is 2.93. The number of aryl methyl sites for hydroxylation is 2. The fourth-order valence-corrected chi connectivity index (χ4v) is 6.09. The smallest absolute Gasteiger partial charge is 0.263 e. The Hall–Kier alpha value is -2.32. The van der Waals surface area contributed by atoms with Crippen LogP contribution < -0.4 is 15.0 Å². The van der Waals surface area contributed by atoms with E-state index in [4.69, 9.17) is 14.5 Å². The summed E-state index contributed by atoms with van der Waals surface area (Å²) in [6.07, 6.45) is 4.28. The van der Waals surface area contributed by atoms with Gasteiger partial charge in [0.05, 0.1) is 30.9 Å². The summed E-state index contributed by atoms with van der Waals surface area (Å²) in [5, 5.41) is 1.37. The number of thiophene rings is 1. The molecule has 0 spiro atoms. The Kier molecular flexibility index (Phi) is 6.15. The third-order valence-electron chi connectivity index (χ3n) is 5.40. The van der Waals surface area contributed by atoms with Crippen LogP contribution in [0.3, 0.4) is 0 Å². The molecule has 1 aliphatic carbocycles. The predicted octanol–water partition coefficient (Wildman–Crippen LogP) is 4.35. The monoisotopic (exact) mass is 444 g/mol. The largest absolute Gasteiger partial charge is 0.497 e. The molecule has 3 aromatic rings. The molecule has 6 nitrogen and oxygen atoms in total. The van der Waals surface area contributed by atoms with E-state index in [9.17, 15) is 9.59 Å². The lowest BCUT2D eigenvalue weighted by Crippen LogP contribution is -2.23. The second kappa shape index (κ2) is 8.81. The quantitative estimate of drug-likeness (QED) is 0.307. The third kappa shape index (κ3) is 3.74. The van der Waals surface area contributed by atoms with Crippen molar-refractivity contribution in [1.29, 1.82) is 0 Å². The number of nitrogens with zero attached hydrogens (tertiary/aromatic N) is 2. The molecule has 0 amide bonds. The highest BCUT2D eigenvalue weighted by molar-refractivity contribution is 7.99. The lowest BCUT2D eigenvalue weighted by molar-refractivity contribution is 0.101. The predicted molar refractivity (Wildman–Crippen MR) is 121 cm³/mol. The van der Waals surface area contributed by atoms with E-state index in [1.165, 1.54) is 35.7 Å². The van der Waals surface area contributed by atoms with E-state index in [-0.39, 0.29) is 17.1 Å². The van der Waals surface area contributed by atoms with E-state index in [0.717, 1.165) is 29.5 Å². The first-order valence-corrected chi connectivity index (χ1v) is 11.8. The van der Waals surface area contributed by atoms with Gasteiger partial charge in [0.1, 0.15) is 16.3 Å². The number of benzene rings is 1. The molecule has 0 N–H and O–H groups in total. The molecule has 1 aromatic carbocycles. The molecule has 0 aliphatic heterocycles. The van der Waals surface area contributed by atoms with Crippen molar-refractivity contribution in [2.24, 2.45) is 0 Å². The van der Waals surface area contributed by atoms with Crippen LogP contribution in [0.15, 0.2) is 28.2 Å². The molecule has 0 saturated carbocycles. The summed E-state index contributed by atoms with van der Waals surface area (Å²) in [7, 11) is 3.10. The normalized spacial score (nSPS) is 13.3. The molecule has 0 radical (unpaired) electrons. The van der Waals surface area contributed by atoms with Crippen LogP contribution in [0.25, 0.3) is 10.2 Å². The zero-order valence-electron chi connectivity index (χ0n) is 17.3. The molecule has 4 rings (SSSR count). The van der Waals surface area contributed by atoms with Crippen molar-refractivity contribution >= 4 is 39.1 Å². The van der Waals surface area contributed by atoms with Gasteiger partial charge in [-0.1, -0.05) is 11.8 Å². The van der Waals surface area contributed by atoms with Gasteiger partial charge in [0, 0.05) is 17.5 Å². The van der Waals surface area contributed by atoms with E-state index < -0.39 is 0 Å². The number of methoxy groups -OCH3 is 2. The number of ketones is 1. The van der Waals surface area contributed by atoms with Gasteiger partial charge in [-0.2, -0.15) is 0 Å². The fraction of sp³-hybridized carbons (Fsp3) is 0.409. The second-order valence-corrected chi connectivity index (χ2v) is 9.14. The first-order chi connectivity index (χ1) is 14.6. The second-order valence-electron chi connectivity index (χ2n) is 7.11. The van der Waals surface area contributed by atoms with Gasteiger partial charge < -0.3 is 9.47 Å². The molecule has 8 heteroatoms. The zero-order chi connectivity index (χ0) is 21.3. The Morgan fingerprint density at radius 3 is 2.77 bits per heavy atom. The van der Waals surface area contributed by atoms with Crippen LogP contribution in [-0.4, -0.2) is 35.3 Å². The van der Waals surface area contributed by atoms with Crippen molar-refractivity contribution < 1.29 is 14.3 Å². The minimum atomic E-state index is -0.0815. The number of fused-ring (bicyclic) bond motifs is 3. The van der Waals surface area contributed by atoms with Gasteiger partial charge in [-0.15, -0.1) is 11.3 Å². The Morgan fingerprint density at radius 2 is 2.03 bits per heavy atom. The average molecular weight is 445 g/mol. The summed E-state index contributed by atoms with van der Waals surface area (Å²) in [5.41, 5.74) is 1.69. The molecule has 30 heavy (non-hydrogen) atoms. The van der Waals surface area contributed by atoms with Crippen LogP contribution in [0.4, 0.5) is 0 Å². The molecule has 0 saturated heterocycles. The molecule has 158 valence electrons. The number of hydrogen-bond donors (Lipinski definition) is 0. The van der Waals surface area contributed by atoms with Crippen LogP contribution in [0.2, 0.25) is 0 Å². The highest BCUT2D eigenvalue weighted by Crippen LogP contribution is 2.35. The van der Waals surface area contributed by atoms with Gasteiger partial charge in [0.15, 0.2) is 10.9 Å². The lowest BCUT2D eigenvalue weighted by atomic mass is 9.97. The molecule has 0 bridgehead atoms. The number of hydrogen-bond acceptors (Lipinski definition) is 7. The highest BCUT2D eigenvalue weighted by atomic mass is 32.2. The minimum absolute atomic E-state index is 0.0128. The van der Waals surface area contributed by atoms with Crippen molar-refractivity contribution in [3.8, 4) is 11.5 Å². The number of aromatic nitrogens is 2. The van der Waals surface area contributed by atoms with Gasteiger partial charge in [-0.25, -0.2) is 4.98 Å². The van der Waals surface area contributed by atoms with E-state index >= 15 is 0 Å². The molecule has 0 atom stereocenters. The molecule has 2 aromatic heterocycles. The van der Waals surface area contributed by atoms with Crippen LogP contribution in [-0.2, 0) is 19.4 Å². The van der Waals surface area contributed by atoms with Crippen molar-refractivity contribution in [2.75, 3.05) is 20.0 Å². The summed E-state index contributed by atoms with van der Waals surface area (Å²) in [6.45, 7) is 2.46. The molecular weight excluding hydrogens is 420 g/mol. The molecular formula is C22H24N2O4S2. The molecule has 2 heterocycles. The summed E-state index contributed by atoms with van der Waals surface area (Å²) in [6, 6.07) is 5.14. The van der Waals surface area contributed by atoms with Crippen LogP contribution in [0.5, 0.6) is 11.5 Å². The topological polar surface area (TPSA) is 70.4 Å². The number of ether oxygens (including phenoxy) is 2. The summed E-state index contributed by atoms with van der Waals surface area (Å²) < 4.78 is 12.2. The van der Waals surface area contributed by atoms with Crippen LogP contribution >= 0.6 is 23.1 Å². The molecule has 0 unspecified atom stereocenters. The summed E-state index contributed by atoms with van der Waals surface area (Å²) in [4.78, 5) is 32.9. The van der Waals surface area contributed by atoms with Crippen LogP contribution in [0, 0.1) is 0 Å². The number of carbonyl (C=O) groups excluding carboxylic acids is 1. The Balaban J connectivity index is 1.64. The summed E-state index contributed by atoms with van der Waals surface area (Å²) in [5.74, 6) is 1.19. The maximum absolute atomic E-state index is 13.2. The van der Waals surface area contributed by atoms with E-state index in [2.05, 4.69) is 0 Å². The minimum Gasteiger partial charge on any atom is -0.497 e. The highest BCUT2D eigenvalue weighted by Gasteiger charge is 2.22. The maximum Gasteiger partial charge on any atom is 0.263 e. The molecule has 0 fully saturated rings. The Labute approximate surface area is 183 Å². The Morgan fingerprint density at radius 1 is 1.23 bits per heavy atom. The number of thioether (sulfide) groups is 1. The zero-order valence-corrected chi connectivity index (χ0v) is 19.0. The van der Waals surface area contributed by atoms with Crippen molar-refractivity contribution in [3.63, 3.8) is 0 Å². The van der Waals surface area contributed by atoms with Gasteiger partial charge >= 0.3 is 0 Å². The standard InChI is InChI=1S/C22H24N2O4S2/c1-4-24-21(26)19-15-7-5-6-8-18(15)30-20(19)23-22(24)29-12-16(25)14-10-9-13(27-2)11-17(14)28-3/h9-11H,4-8,12H2,1-3H3. The van der Waals surface area contributed by atoms with Crippen molar-refractivity contribution in [3.05, 3.63) is 44.6 Å². The van der Waals surface area contributed by atoms with E-state index in [1.807, 2.05) is 6.92 Å². The van der Waals surface area contributed by atoms with Crippen LogP contribution in [0.1, 0.15) is 40.6 Å². The lowest BCUT2D eigenvalue weighted by Gasteiger charge is -2.12. The van der Waals surface area contributed by atoms with Gasteiger partial charge in [0.2, 0.25) is 0 Å². The van der Waals surface area contributed by atoms with E-state index in [0.29, 0.717) is 28.8 Å². The average Bonchev–Trinajstić information content (AvgIpc) is 3.15. The first kappa shape index (κ1) is 20.9.